The van der Waals surface area contributed by atoms with Crippen molar-refractivity contribution < 1.29 is 0 Å². The second kappa shape index (κ2) is 7.46. The van der Waals surface area contributed by atoms with Gasteiger partial charge < -0.3 is 0 Å². The fourth-order valence-corrected chi connectivity index (χ4v) is 8.89. The highest BCUT2D eigenvalue weighted by molar-refractivity contribution is 6.04. The van der Waals surface area contributed by atoms with Crippen LogP contribution in [0.25, 0.3) is 66.1 Å². The molecule has 4 aliphatic rings. The quantitative estimate of drug-likeness (QED) is 0.183. The molecule has 4 aliphatic carbocycles. The molecule has 0 bridgehead atoms. The van der Waals surface area contributed by atoms with E-state index < -0.39 is 0 Å². The van der Waals surface area contributed by atoms with Gasteiger partial charge in [0.15, 0.2) is 0 Å². The lowest BCUT2D eigenvalue weighted by molar-refractivity contribution is 1.16. The molecule has 0 heteroatoms. The van der Waals surface area contributed by atoms with Gasteiger partial charge in [0.1, 0.15) is 0 Å². The predicted molar refractivity (Wildman–Crippen MR) is 174 cm³/mol. The van der Waals surface area contributed by atoms with E-state index in [1.54, 1.807) is 11.1 Å². The third kappa shape index (κ3) is 2.64. The Kier molecular flexibility index (Phi) is 3.87. The van der Waals surface area contributed by atoms with Crippen LogP contribution in [0.1, 0.15) is 44.5 Å². The first-order valence-electron chi connectivity index (χ1n) is 15.3. The molecule has 0 nitrogen and oxygen atoms in total. The molecule has 194 valence electrons. The van der Waals surface area contributed by atoms with Gasteiger partial charge in [-0.3, -0.25) is 0 Å². The van der Waals surface area contributed by atoms with E-state index in [-0.39, 0.29) is 0 Å². The van der Waals surface area contributed by atoms with Gasteiger partial charge in [0.2, 0.25) is 0 Å². The van der Waals surface area contributed by atoms with Crippen LogP contribution < -0.4 is 0 Å². The molecule has 0 saturated carbocycles. The number of hydrogen-bond donors (Lipinski definition) is 0. The molecule has 0 N–H and O–H groups in total. The van der Waals surface area contributed by atoms with Crippen LogP contribution in [-0.2, 0) is 25.7 Å². The summed E-state index contributed by atoms with van der Waals surface area (Å²) >= 11 is 0. The average Bonchev–Trinajstić information content (AvgIpc) is 3.78. The van der Waals surface area contributed by atoms with E-state index in [1.165, 1.54) is 99.4 Å². The van der Waals surface area contributed by atoms with Crippen molar-refractivity contribution in [3.05, 3.63) is 154 Å². The van der Waals surface area contributed by atoms with E-state index in [0.717, 1.165) is 25.7 Å². The molecule has 7 aromatic carbocycles. The van der Waals surface area contributed by atoms with Crippen molar-refractivity contribution in [2.75, 3.05) is 0 Å². The Bertz CT molecular complexity index is 2360. The van der Waals surface area contributed by atoms with Gasteiger partial charge >= 0.3 is 0 Å². The van der Waals surface area contributed by atoms with Gasteiger partial charge in [-0.05, 0) is 161 Å². The first-order valence-corrected chi connectivity index (χ1v) is 15.3. The van der Waals surface area contributed by atoms with Gasteiger partial charge in [-0.25, -0.2) is 0 Å². The van der Waals surface area contributed by atoms with Crippen molar-refractivity contribution >= 4 is 21.5 Å². The Balaban J connectivity index is 1.02. The third-order valence-electron chi connectivity index (χ3n) is 10.7. The minimum atomic E-state index is 1.03. The maximum absolute atomic E-state index is 2.55. The van der Waals surface area contributed by atoms with E-state index in [9.17, 15) is 0 Å². The minimum absolute atomic E-state index is 1.03. The molecule has 0 fully saturated rings. The lowest BCUT2D eigenvalue weighted by Crippen LogP contribution is -1.91. The van der Waals surface area contributed by atoms with Gasteiger partial charge in [-0.2, -0.15) is 0 Å². The fourth-order valence-electron chi connectivity index (χ4n) is 8.89. The Morgan fingerprint density at radius 2 is 0.762 bits per heavy atom. The van der Waals surface area contributed by atoms with Crippen LogP contribution >= 0.6 is 0 Å². The van der Waals surface area contributed by atoms with Gasteiger partial charge in [0.05, 0.1) is 0 Å². The van der Waals surface area contributed by atoms with E-state index in [4.69, 9.17) is 0 Å². The van der Waals surface area contributed by atoms with Gasteiger partial charge in [0, 0.05) is 0 Å². The summed E-state index contributed by atoms with van der Waals surface area (Å²) in [6.45, 7) is 0. The molecular weight excluding hydrogens is 504 g/mol. The van der Waals surface area contributed by atoms with E-state index in [2.05, 4.69) is 109 Å². The molecule has 0 unspecified atom stereocenters. The highest BCUT2D eigenvalue weighted by atomic mass is 14.4. The van der Waals surface area contributed by atoms with Crippen molar-refractivity contribution in [1.82, 2.24) is 0 Å². The topological polar surface area (TPSA) is 0 Å². The molecule has 0 spiro atoms. The van der Waals surface area contributed by atoms with E-state index in [0.29, 0.717) is 0 Å². The van der Waals surface area contributed by atoms with Crippen LogP contribution in [0.4, 0.5) is 0 Å². The molecule has 0 atom stereocenters. The number of fused-ring (bicyclic) bond motifs is 17. The van der Waals surface area contributed by atoms with Crippen LogP contribution in [0.2, 0.25) is 0 Å². The zero-order valence-electron chi connectivity index (χ0n) is 23.2. The Morgan fingerprint density at radius 1 is 0.310 bits per heavy atom. The van der Waals surface area contributed by atoms with E-state index in [1.807, 2.05) is 0 Å². The van der Waals surface area contributed by atoms with Gasteiger partial charge in [-0.15, -0.1) is 0 Å². The standard InChI is InChI=1S/C42H26/c1-3-7-31-23(5-1)10-12-26-17-40-34(41(26)31)14-13-33-35-18-27-16-28-21-38-29(19-36(28)37(27)20-30(35)22-39(33)40)15-25-11-9-24-6-2-4-8-32(24)42(25)38/h1-14,18-21H,15-17,22H2. The summed E-state index contributed by atoms with van der Waals surface area (Å²) in [7, 11) is 0. The molecule has 11 rings (SSSR count). The molecule has 0 radical (unpaired) electrons. The first kappa shape index (κ1) is 21.8. The monoisotopic (exact) mass is 530 g/mol. The van der Waals surface area contributed by atoms with Crippen LogP contribution in [0, 0.1) is 0 Å². The summed E-state index contributed by atoms with van der Waals surface area (Å²) in [5.74, 6) is 0. The molecule has 0 heterocycles. The molecule has 42 heavy (non-hydrogen) atoms. The van der Waals surface area contributed by atoms with Crippen molar-refractivity contribution in [1.29, 1.82) is 0 Å². The van der Waals surface area contributed by atoms with Crippen molar-refractivity contribution in [2.45, 2.75) is 25.7 Å². The lowest BCUT2D eigenvalue weighted by Gasteiger charge is -2.10. The first-order chi connectivity index (χ1) is 20.8. The minimum Gasteiger partial charge on any atom is -0.0616 e. The Morgan fingerprint density at radius 3 is 1.48 bits per heavy atom. The predicted octanol–water partition coefficient (Wildman–Crippen LogP) is 10.3. The summed E-state index contributed by atoms with van der Waals surface area (Å²) in [4.78, 5) is 0. The zero-order valence-corrected chi connectivity index (χ0v) is 23.2. The molecule has 0 aliphatic heterocycles. The lowest BCUT2D eigenvalue weighted by atomic mass is 9.94. The van der Waals surface area contributed by atoms with Crippen molar-refractivity contribution in [3.63, 3.8) is 0 Å². The molecule has 0 aromatic heterocycles. The molecule has 0 amide bonds. The Labute approximate surface area is 244 Å². The summed E-state index contributed by atoms with van der Waals surface area (Å²) in [5, 5.41) is 5.46. The summed E-state index contributed by atoms with van der Waals surface area (Å²) in [6.07, 6.45) is 4.17. The fraction of sp³-hybridized carbons (Fsp3) is 0.0952. The highest BCUT2D eigenvalue weighted by Crippen LogP contribution is 2.52. The maximum atomic E-state index is 2.55. The molecule has 0 saturated heterocycles. The van der Waals surface area contributed by atoms with Crippen LogP contribution in [0.5, 0.6) is 0 Å². The SMILES string of the molecule is c1ccc2c3c(ccc2c1)Cc1cc2c(cc1-3)Cc1cc3c(cc1-2)Cc1c-3ccc2c1Cc1ccc3ccccc3c1-2. The molecule has 7 aromatic rings. The number of rotatable bonds is 0. The zero-order chi connectivity index (χ0) is 27.1. The summed E-state index contributed by atoms with van der Waals surface area (Å²) < 4.78 is 0. The third-order valence-corrected chi connectivity index (χ3v) is 10.7. The summed E-state index contributed by atoms with van der Waals surface area (Å²) in [5.41, 5.74) is 23.7. The van der Waals surface area contributed by atoms with Crippen LogP contribution in [0.3, 0.4) is 0 Å². The second-order valence-corrected chi connectivity index (χ2v) is 12.8. The number of hydrogen-bond acceptors (Lipinski definition) is 0. The highest BCUT2D eigenvalue weighted by Gasteiger charge is 2.32. The summed E-state index contributed by atoms with van der Waals surface area (Å²) in [6, 6.07) is 42.0. The van der Waals surface area contributed by atoms with Crippen LogP contribution in [-0.4, -0.2) is 0 Å². The average molecular weight is 531 g/mol. The Hall–Kier alpha value is -4.94. The van der Waals surface area contributed by atoms with Crippen molar-refractivity contribution in [3.8, 4) is 44.5 Å². The van der Waals surface area contributed by atoms with Gasteiger partial charge in [0.25, 0.3) is 0 Å². The smallest absolute Gasteiger partial charge is 0.00101 e. The van der Waals surface area contributed by atoms with E-state index >= 15 is 0 Å². The maximum Gasteiger partial charge on any atom is -0.00101 e. The number of benzene rings is 7. The largest absolute Gasteiger partial charge is 0.0616 e. The molecular formula is C42H26. The van der Waals surface area contributed by atoms with Gasteiger partial charge in [-0.1, -0.05) is 84.9 Å². The second-order valence-electron chi connectivity index (χ2n) is 12.8. The van der Waals surface area contributed by atoms with Crippen LogP contribution in [0.15, 0.2) is 109 Å². The normalized spacial score (nSPS) is 14.3. The van der Waals surface area contributed by atoms with Crippen molar-refractivity contribution in [2.24, 2.45) is 0 Å².